The van der Waals surface area contributed by atoms with Crippen molar-refractivity contribution in [1.82, 2.24) is 0 Å². The van der Waals surface area contributed by atoms with Gasteiger partial charge < -0.3 is 19.0 Å². The van der Waals surface area contributed by atoms with Gasteiger partial charge in [-0.1, -0.05) is 188 Å². The van der Waals surface area contributed by atoms with Gasteiger partial charge in [0.05, 0.1) is 22.8 Å². The average molecular weight is 887 g/mol. The lowest BCUT2D eigenvalue weighted by molar-refractivity contribution is 0.410. The molecule has 0 fully saturated rings. The molecule has 0 spiro atoms. The number of anilines is 4. The highest BCUT2D eigenvalue weighted by molar-refractivity contribution is 6.10. The number of benzene rings is 8. The zero-order valence-corrected chi connectivity index (χ0v) is 37.9. The van der Waals surface area contributed by atoms with E-state index < -0.39 is 5.41 Å². The van der Waals surface area contributed by atoms with Crippen LogP contribution in [0.2, 0.25) is 0 Å². The highest BCUT2D eigenvalue weighted by Crippen LogP contribution is 2.58. The minimum atomic E-state index is -0.575. The van der Waals surface area contributed by atoms with Crippen LogP contribution in [0.25, 0.3) is 38.6 Å². The summed E-state index contributed by atoms with van der Waals surface area (Å²) in [5.74, 6) is 1.87. The van der Waals surface area contributed by atoms with E-state index in [0.717, 1.165) is 80.3 Å². The van der Waals surface area contributed by atoms with E-state index >= 15 is 0 Å². The smallest absolute Gasteiger partial charge is 0.159 e. The van der Waals surface area contributed by atoms with Crippen molar-refractivity contribution >= 4 is 50.3 Å². The summed E-state index contributed by atoms with van der Waals surface area (Å²) < 4.78 is 14.3. The van der Waals surface area contributed by atoms with E-state index in [-0.39, 0.29) is 12.0 Å². The maximum atomic E-state index is 7.41. The van der Waals surface area contributed by atoms with Crippen LogP contribution < -0.4 is 14.5 Å². The Bertz CT molecular complexity index is 3680. The molecule has 2 heterocycles. The number of hydrogen-bond donors (Lipinski definition) is 0. The van der Waals surface area contributed by atoms with Crippen molar-refractivity contribution in [2.75, 3.05) is 9.80 Å². The zero-order valence-electron chi connectivity index (χ0n) is 37.9. The second-order valence-corrected chi connectivity index (χ2v) is 18.6. The van der Waals surface area contributed by atoms with Gasteiger partial charge in [-0.15, -0.1) is 0 Å². The molecule has 0 bridgehead atoms. The summed E-state index contributed by atoms with van der Waals surface area (Å²) in [5.41, 5.74) is 17.4. The molecule has 2 unspecified atom stereocenters. The topological polar surface area (TPSA) is 28.9 Å². The first kappa shape index (κ1) is 39.6. The largest absolute Gasteiger partial charge is 0.454 e. The first-order valence-corrected chi connectivity index (χ1v) is 24.1. The van der Waals surface area contributed by atoms with Crippen molar-refractivity contribution in [1.29, 1.82) is 0 Å². The Morgan fingerprint density at radius 3 is 2.06 bits per heavy atom. The van der Waals surface area contributed by atoms with Crippen molar-refractivity contribution in [3.63, 3.8) is 0 Å². The van der Waals surface area contributed by atoms with Gasteiger partial charge in [-0.05, 0) is 106 Å². The van der Waals surface area contributed by atoms with Crippen molar-refractivity contribution in [2.45, 2.75) is 24.3 Å². The minimum Gasteiger partial charge on any atom is -0.454 e. The average Bonchev–Trinajstić information content (AvgIpc) is 3.95. The van der Waals surface area contributed by atoms with Crippen LogP contribution in [0.15, 0.2) is 264 Å². The molecule has 9 aromatic rings. The molecule has 69 heavy (non-hydrogen) atoms. The lowest BCUT2D eigenvalue weighted by atomic mass is 9.67. The quantitative estimate of drug-likeness (QED) is 0.152. The van der Waals surface area contributed by atoms with Crippen molar-refractivity contribution in [3.8, 4) is 16.9 Å². The second kappa shape index (κ2) is 15.8. The van der Waals surface area contributed by atoms with Crippen LogP contribution in [0.1, 0.15) is 40.7 Å². The van der Waals surface area contributed by atoms with Gasteiger partial charge in [0.25, 0.3) is 0 Å². The number of allylic oxidation sites excluding steroid dienone is 8. The van der Waals surface area contributed by atoms with Gasteiger partial charge in [-0.25, -0.2) is 0 Å². The Morgan fingerprint density at radius 1 is 0.522 bits per heavy atom. The monoisotopic (exact) mass is 886 g/mol. The molecule has 0 saturated heterocycles. The Kier molecular flexibility index (Phi) is 9.03. The van der Waals surface area contributed by atoms with Gasteiger partial charge >= 0.3 is 0 Å². The van der Waals surface area contributed by atoms with Gasteiger partial charge in [0.1, 0.15) is 11.3 Å². The van der Waals surface area contributed by atoms with Crippen LogP contribution in [0.5, 0.6) is 5.75 Å². The fraction of sp³-hybridized carbons (Fsp3) is 0.0769. The van der Waals surface area contributed by atoms with Gasteiger partial charge in [-0.3, -0.25) is 0 Å². The van der Waals surface area contributed by atoms with Crippen LogP contribution in [-0.2, 0) is 5.41 Å². The molecule has 5 aliphatic rings. The van der Waals surface area contributed by atoms with E-state index in [9.17, 15) is 0 Å². The van der Waals surface area contributed by atoms with Gasteiger partial charge in [0.2, 0.25) is 0 Å². The Morgan fingerprint density at radius 2 is 1.25 bits per heavy atom. The molecule has 0 N–H and O–H groups in total. The van der Waals surface area contributed by atoms with E-state index in [1.54, 1.807) is 0 Å². The number of ether oxygens (including phenoxy) is 1. The van der Waals surface area contributed by atoms with Crippen LogP contribution in [0.3, 0.4) is 0 Å². The number of rotatable bonds is 8. The van der Waals surface area contributed by atoms with Crippen molar-refractivity contribution in [2.24, 2.45) is 5.92 Å². The standard InChI is InChI=1S/C65H46N2O2/c1-5-20-44(21-6-1)65(45-22-7-2-8-23-45)56-32-15-13-28-50(56)51-38-36-49(42-57(51)65)67(58-33-18-31-54-52-29-14-16-34-60(52)68-63(54)58)59-39-35-43-19-17-30-53-55-41-48(37-40-61(55)69-64(59)62(43)53)66(46-24-9-3-10-25-46)47-26-11-4-12-27-47/h1-26,28-34,36-43,47H,27,35H2. The molecular formula is C65H46N2O2. The molecule has 2 atom stereocenters. The van der Waals surface area contributed by atoms with Crippen molar-refractivity contribution in [3.05, 3.63) is 288 Å². The normalized spacial score (nSPS) is 17.9. The summed E-state index contributed by atoms with van der Waals surface area (Å²) in [4.78, 5) is 4.88. The number of fused-ring (bicyclic) bond motifs is 8. The van der Waals surface area contributed by atoms with Gasteiger partial charge in [0.15, 0.2) is 11.3 Å². The predicted octanol–water partition coefficient (Wildman–Crippen LogP) is 16.3. The first-order valence-electron chi connectivity index (χ1n) is 24.1. The molecule has 1 aromatic heterocycles. The van der Waals surface area contributed by atoms with E-state index in [2.05, 4.69) is 253 Å². The molecule has 0 radical (unpaired) electrons. The SMILES string of the molecule is C1=CCC(N(c2ccccc2)c2ccc3c(c2)C2=CC=CC4CC=C(N(c5ccc6c(c5)C(c5ccccc5)(c5ccccc5)c5ccccc5-6)c5cccc6c5oc5ccccc56)C(=C24)O3)C=C1. The summed E-state index contributed by atoms with van der Waals surface area (Å²) in [5, 5.41) is 2.17. The highest BCUT2D eigenvalue weighted by atomic mass is 16.5. The van der Waals surface area contributed by atoms with Crippen LogP contribution in [0, 0.1) is 5.92 Å². The summed E-state index contributed by atoms with van der Waals surface area (Å²) in [7, 11) is 0. The van der Waals surface area contributed by atoms with E-state index in [0.29, 0.717) is 0 Å². The second-order valence-electron chi connectivity index (χ2n) is 18.6. The minimum absolute atomic E-state index is 0.152. The Labute approximate surface area is 402 Å². The summed E-state index contributed by atoms with van der Waals surface area (Å²) in [6, 6.07) is 70.7. The molecular weight excluding hydrogens is 841 g/mol. The lowest BCUT2D eigenvalue weighted by Gasteiger charge is -2.39. The fourth-order valence-corrected chi connectivity index (χ4v) is 12.0. The summed E-state index contributed by atoms with van der Waals surface area (Å²) >= 11 is 0. The van der Waals surface area contributed by atoms with E-state index in [1.807, 2.05) is 0 Å². The molecule has 4 nitrogen and oxygen atoms in total. The number of hydrogen-bond acceptors (Lipinski definition) is 4. The fourth-order valence-electron chi connectivity index (χ4n) is 12.0. The lowest BCUT2D eigenvalue weighted by Crippen LogP contribution is -2.31. The molecule has 0 saturated carbocycles. The van der Waals surface area contributed by atoms with Crippen LogP contribution >= 0.6 is 0 Å². The Balaban J connectivity index is 0.981. The Hall–Kier alpha value is -8.60. The molecule has 4 heteroatoms. The maximum absolute atomic E-state index is 7.41. The van der Waals surface area contributed by atoms with E-state index in [4.69, 9.17) is 9.15 Å². The van der Waals surface area contributed by atoms with E-state index in [1.165, 1.54) is 44.5 Å². The van der Waals surface area contributed by atoms with Gasteiger partial charge in [-0.2, -0.15) is 0 Å². The van der Waals surface area contributed by atoms with Crippen LogP contribution in [-0.4, -0.2) is 6.04 Å². The van der Waals surface area contributed by atoms with Gasteiger partial charge in [0, 0.05) is 44.9 Å². The highest BCUT2D eigenvalue weighted by Gasteiger charge is 2.47. The van der Waals surface area contributed by atoms with Crippen molar-refractivity contribution < 1.29 is 9.15 Å². The molecule has 0 amide bonds. The maximum Gasteiger partial charge on any atom is 0.159 e. The molecule has 8 aromatic carbocycles. The predicted molar refractivity (Wildman–Crippen MR) is 282 cm³/mol. The summed E-state index contributed by atoms with van der Waals surface area (Å²) in [6.07, 6.45) is 19.9. The third-order valence-corrected chi connectivity index (χ3v) is 14.9. The molecule has 328 valence electrons. The molecule has 14 rings (SSSR count). The summed E-state index contributed by atoms with van der Waals surface area (Å²) in [6.45, 7) is 0. The number of furan rings is 1. The molecule has 1 aliphatic heterocycles. The number of para-hydroxylation sites is 3. The third-order valence-electron chi connectivity index (χ3n) is 14.9. The zero-order chi connectivity index (χ0) is 45.5. The first-order chi connectivity index (χ1) is 34.2. The molecule has 4 aliphatic carbocycles. The van der Waals surface area contributed by atoms with Crippen LogP contribution in [0.4, 0.5) is 22.7 Å². The number of nitrogens with zero attached hydrogens (tertiary/aromatic N) is 2. The third kappa shape index (κ3) is 6.01.